The summed E-state index contributed by atoms with van der Waals surface area (Å²) in [5.74, 6) is 1.48. The Bertz CT molecular complexity index is 676. The minimum absolute atomic E-state index is 0.0278. The molecule has 0 aromatic heterocycles. The maximum absolute atomic E-state index is 12.5. The molecule has 4 heteroatoms. The minimum Gasteiger partial charge on any atom is -0.490 e. The number of hydrogen-bond acceptors (Lipinski definition) is 3. The molecule has 1 heterocycles. The first-order chi connectivity index (χ1) is 10.7. The summed E-state index contributed by atoms with van der Waals surface area (Å²) in [5, 5.41) is 0. The molecule has 0 aliphatic carbocycles. The third kappa shape index (κ3) is 2.77. The molecule has 0 atom stereocenters. The van der Waals surface area contributed by atoms with Crippen molar-refractivity contribution in [3.63, 3.8) is 0 Å². The molecule has 0 saturated carbocycles. The fourth-order valence-corrected chi connectivity index (χ4v) is 2.67. The first-order valence-corrected chi connectivity index (χ1v) is 7.38. The van der Waals surface area contributed by atoms with Gasteiger partial charge in [-0.2, -0.15) is 0 Å². The molecule has 2 aromatic rings. The molecule has 0 bridgehead atoms. The van der Waals surface area contributed by atoms with Crippen LogP contribution in [0.15, 0.2) is 42.5 Å². The molecule has 22 heavy (non-hydrogen) atoms. The number of anilines is 1. The summed E-state index contributed by atoms with van der Waals surface area (Å²) in [6.45, 7) is 5.05. The lowest BCUT2D eigenvalue weighted by molar-refractivity contribution is -0.120. The van der Waals surface area contributed by atoms with E-state index in [4.69, 9.17) is 9.47 Å². The highest BCUT2D eigenvalue weighted by atomic mass is 16.5. The van der Waals surface area contributed by atoms with Crippen LogP contribution in [0.3, 0.4) is 0 Å². The van der Waals surface area contributed by atoms with Gasteiger partial charge in [-0.3, -0.25) is 4.79 Å². The topological polar surface area (TPSA) is 38.8 Å². The monoisotopic (exact) mass is 297 g/mol. The van der Waals surface area contributed by atoms with Gasteiger partial charge in [-0.15, -0.1) is 0 Å². The molecule has 0 fully saturated rings. The highest BCUT2D eigenvalue weighted by Gasteiger charge is 2.23. The van der Waals surface area contributed by atoms with Crippen molar-refractivity contribution >= 4 is 11.6 Å². The highest BCUT2D eigenvalue weighted by molar-refractivity contribution is 5.96. The number of ether oxygens (including phenoxy) is 2. The number of carbonyl (C=O) groups is 1. The van der Waals surface area contributed by atoms with E-state index in [-0.39, 0.29) is 12.5 Å². The fraction of sp³-hybridized carbons (Fsp3) is 0.278. The maximum atomic E-state index is 12.5. The van der Waals surface area contributed by atoms with Gasteiger partial charge in [0.2, 0.25) is 0 Å². The van der Waals surface area contributed by atoms with Crippen molar-refractivity contribution in [2.24, 2.45) is 0 Å². The standard InChI is InChI=1S/C18H19NO3/c1-13-6-5-7-14(2)18(13)22-12-17(20)19-10-11-21-16-9-4-3-8-15(16)19/h3-9H,10-12H2,1-2H3. The van der Waals surface area contributed by atoms with E-state index in [1.54, 1.807) is 4.90 Å². The number of hydrogen-bond donors (Lipinski definition) is 0. The van der Waals surface area contributed by atoms with Gasteiger partial charge in [0.25, 0.3) is 5.91 Å². The van der Waals surface area contributed by atoms with Crippen LogP contribution in [0.25, 0.3) is 0 Å². The molecule has 0 radical (unpaired) electrons. The summed E-state index contributed by atoms with van der Waals surface area (Å²) in [6, 6.07) is 13.5. The van der Waals surface area contributed by atoms with E-state index in [9.17, 15) is 4.79 Å². The van der Waals surface area contributed by atoms with Crippen molar-refractivity contribution in [3.05, 3.63) is 53.6 Å². The molecule has 0 spiro atoms. The van der Waals surface area contributed by atoms with Gasteiger partial charge in [-0.25, -0.2) is 0 Å². The van der Waals surface area contributed by atoms with Crippen molar-refractivity contribution in [3.8, 4) is 11.5 Å². The Hall–Kier alpha value is -2.49. The summed E-state index contributed by atoms with van der Waals surface area (Å²) in [4.78, 5) is 14.2. The van der Waals surface area contributed by atoms with Crippen LogP contribution in [0.5, 0.6) is 11.5 Å². The molecule has 1 aliphatic heterocycles. The molecule has 1 aliphatic rings. The second kappa shape index (κ2) is 6.10. The Morgan fingerprint density at radius 1 is 1.14 bits per heavy atom. The average Bonchev–Trinajstić information content (AvgIpc) is 2.53. The predicted molar refractivity (Wildman–Crippen MR) is 85.7 cm³/mol. The predicted octanol–water partition coefficient (Wildman–Crippen LogP) is 3.11. The lowest BCUT2D eigenvalue weighted by atomic mass is 10.1. The number of benzene rings is 2. The molecule has 114 valence electrons. The molecule has 4 nitrogen and oxygen atoms in total. The number of carbonyl (C=O) groups excluding carboxylic acids is 1. The van der Waals surface area contributed by atoms with Crippen LogP contribution in [-0.4, -0.2) is 25.7 Å². The highest BCUT2D eigenvalue weighted by Crippen LogP contribution is 2.31. The van der Waals surface area contributed by atoms with Crippen molar-refractivity contribution < 1.29 is 14.3 Å². The van der Waals surface area contributed by atoms with Crippen LogP contribution in [-0.2, 0) is 4.79 Å². The van der Waals surface area contributed by atoms with E-state index >= 15 is 0 Å². The van der Waals surface area contributed by atoms with Crippen LogP contribution in [0.2, 0.25) is 0 Å². The Balaban J connectivity index is 1.74. The quantitative estimate of drug-likeness (QED) is 0.874. The van der Waals surface area contributed by atoms with Gasteiger partial charge in [0, 0.05) is 0 Å². The largest absolute Gasteiger partial charge is 0.490 e. The first-order valence-electron chi connectivity index (χ1n) is 7.38. The normalized spacial score (nSPS) is 13.3. The third-order valence-electron chi connectivity index (χ3n) is 3.78. The van der Waals surface area contributed by atoms with Crippen LogP contribution >= 0.6 is 0 Å². The van der Waals surface area contributed by atoms with Gasteiger partial charge in [-0.1, -0.05) is 30.3 Å². The molecule has 3 rings (SSSR count). The van der Waals surface area contributed by atoms with Gasteiger partial charge in [0.1, 0.15) is 18.1 Å². The summed E-state index contributed by atoms with van der Waals surface area (Å²) in [7, 11) is 0. The number of rotatable bonds is 3. The Kier molecular flexibility index (Phi) is 4.00. The molecule has 0 saturated heterocycles. The molecule has 2 aromatic carbocycles. The first kappa shape index (κ1) is 14.4. The Morgan fingerprint density at radius 3 is 2.64 bits per heavy atom. The number of nitrogens with zero attached hydrogens (tertiary/aromatic N) is 1. The van der Waals surface area contributed by atoms with E-state index in [0.29, 0.717) is 13.2 Å². The Labute approximate surface area is 130 Å². The fourth-order valence-electron chi connectivity index (χ4n) is 2.67. The van der Waals surface area contributed by atoms with Crippen LogP contribution in [0.4, 0.5) is 5.69 Å². The zero-order chi connectivity index (χ0) is 15.5. The lowest BCUT2D eigenvalue weighted by Gasteiger charge is -2.29. The van der Waals surface area contributed by atoms with Crippen molar-refractivity contribution in [1.82, 2.24) is 0 Å². The van der Waals surface area contributed by atoms with E-state index in [1.165, 1.54) is 0 Å². The zero-order valence-corrected chi connectivity index (χ0v) is 12.8. The van der Waals surface area contributed by atoms with Gasteiger partial charge in [0.05, 0.1) is 12.2 Å². The van der Waals surface area contributed by atoms with Crippen LogP contribution < -0.4 is 14.4 Å². The van der Waals surface area contributed by atoms with Crippen LogP contribution in [0.1, 0.15) is 11.1 Å². The molecular weight excluding hydrogens is 278 g/mol. The van der Waals surface area contributed by atoms with Crippen molar-refractivity contribution in [2.75, 3.05) is 24.7 Å². The van der Waals surface area contributed by atoms with E-state index in [1.807, 2.05) is 56.3 Å². The Morgan fingerprint density at radius 2 is 1.86 bits per heavy atom. The molecule has 0 N–H and O–H groups in total. The second-order valence-electron chi connectivity index (χ2n) is 5.37. The number of amides is 1. The van der Waals surface area contributed by atoms with E-state index in [0.717, 1.165) is 28.3 Å². The summed E-state index contributed by atoms with van der Waals surface area (Å²) >= 11 is 0. The average molecular weight is 297 g/mol. The molecular formula is C18H19NO3. The van der Waals surface area contributed by atoms with E-state index in [2.05, 4.69) is 0 Å². The van der Waals surface area contributed by atoms with E-state index < -0.39 is 0 Å². The molecule has 0 unspecified atom stereocenters. The number of fused-ring (bicyclic) bond motifs is 1. The van der Waals surface area contributed by atoms with Gasteiger partial charge < -0.3 is 14.4 Å². The molecule has 1 amide bonds. The van der Waals surface area contributed by atoms with Crippen molar-refractivity contribution in [1.29, 1.82) is 0 Å². The number of para-hydroxylation sites is 3. The van der Waals surface area contributed by atoms with Crippen molar-refractivity contribution in [2.45, 2.75) is 13.8 Å². The number of aryl methyl sites for hydroxylation is 2. The van der Waals surface area contributed by atoms with Gasteiger partial charge >= 0.3 is 0 Å². The van der Waals surface area contributed by atoms with Gasteiger partial charge in [0.15, 0.2) is 6.61 Å². The maximum Gasteiger partial charge on any atom is 0.265 e. The van der Waals surface area contributed by atoms with Gasteiger partial charge in [-0.05, 0) is 37.1 Å². The summed E-state index contributed by atoms with van der Waals surface area (Å²) < 4.78 is 11.3. The third-order valence-corrected chi connectivity index (χ3v) is 3.78. The lowest BCUT2D eigenvalue weighted by Crippen LogP contribution is -2.40. The summed E-state index contributed by atoms with van der Waals surface area (Å²) in [5.41, 5.74) is 2.88. The minimum atomic E-state index is -0.0570. The summed E-state index contributed by atoms with van der Waals surface area (Å²) in [6.07, 6.45) is 0. The second-order valence-corrected chi connectivity index (χ2v) is 5.37. The zero-order valence-electron chi connectivity index (χ0n) is 12.8. The smallest absolute Gasteiger partial charge is 0.265 e. The van der Waals surface area contributed by atoms with Crippen LogP contribution in [0, 0.1) is 13.8 Å². The SMILES string of the molecule is Cc1cccc(C)c1OCC(=O)N1CCOc2ccccc21.